The van der Waals surface area contributed by atoms with Crippen molar-refractivity contribution in [2.75, 3.05) is 13.1 Å². The Kier molecular flexibility index (Phi) is 38.1. The molecule has 0 bridgehead atoms. The second kappa shape index (κ2) is 22.8. The van der Waals surface area contributed by atoms with Crippen molar-refractivity contribution in [3.8, 4) is 0 Å². The van der Waals surface area contributed by atoms with E-state index in [1.165, 1.54) is 0 Å². The first-order valence-corrected chi connectivity index (χ1v) is 4.94. The van der Waals surface area contributed by atoms with Gasteiger partial charge in [0.05, 0.1) is 13.1 Å². The molecule has 0 aromatic rings. The predicted molar refractivity (Wildman–Crippen MR) is 27.5 cm³/mol. The van der Waals surface area contributed by atoms with E-state index >= 15 is 0 Å². The van der Waals surface area contributed by atoms with E-state index in [4.69, 9.17) is 10.7 Å². The summed E-state index contributed by atoms with van der Waals surface area (Å²) in [5, 5.41) is 0. The molecular weight excluding hydrogens is 172 g/mol. The van der Waals surface area contributed by atoms with Crippen LogP contribution in [0.5, 0.6) is 0 Å². The van der Waals surface area contributed by atoms with Gasteiger partial charge >= 0.3 is 29.3 Å². The molecule has 0 heterocycles. The van der Waals surface area contributed by atoms with Crippen LogP contribution in [-0.4, -0.2) is 13.1 Å². The summed E-state index contributed by atoms with van der Waals surface area (Å²) in [5.74, 6) is 0. The summed E-state index contributed by atoms with van der Waals surface area (Å²) >= 11 is -4.08. The third-order valence-electron chi connectivity index (χ3n) is 0. The van der Waals surface area contributed by atoms with E-state index in [1.807, 2.05) is 13.8 Å². The molecule has 0 amide bonds. The van der Waals surface area contributed by atoms with Crippen molar-refractivity contribution in [2.24, 2.45) is 0 Å². The molecule has 0 aliphatic carbocycles. The minimum absolute atomic E-state index is 1.00. The fourth-order valence-electron chi connectivity index (χ4n) is 0. The zero-order chi connectivity index (χ0) is 8.99. The average Bonchev–Trinajstić information content (AvgIpc) is 1.65. The van der Waals surface area contributed by atoms with Crippen LogP contribution in [0.3, 0.4) is 0 Å². The van der Waals surface area contributed by atoms with Crippen molar-refractivity contribution in [1.29, 1.82) is 0 Å². The Balaban J connectivity index is -0.0000000750. The third-order valence-corrected chi connectivity index (χ3v) is 0. The molecule has 0 fully saturated rings. The molecule has 0 radical (unpaired) electrons. The van der Waals surface area contributed by atoms with Gasteiger partial charge in [-0.3, -0.25) is 0 Å². The van der Waals surface area contributed by atoms with Gasteiger partial charge in [-0.2, -0.15) is 0 Å². The van der Waals surface area contributed by atoms with Crippen LogP contribution < -0.4 is 18.8 Å². The fraction of sp³-hybridized carbons (Fsp3) is 1.00. The summed E-state index contributed by atoms with van der Waals surface area (Å²) < 4.78 is 25.8. The maximum absolute atomic E-state index is 8.58. The molecule has 0 aliphatic rings. The summed E-state index contributed by atoms with van der Waals surface area (Å²) in [5.41, 5.74) is 6.97. The van der Waals surface area contributed by atoms with Crippen LogP contribution in [0, 0.1) is 0 Å². The van der Waals surface area contributed by atoms with Crippen LogP contribution in [0.2, 0.25) is 0 Å². The predicted octanol–water partition coefficient (Wildman–Crippen LogP) is -4.00. The monoisotopic (exact) mass is 188 g/mol. The van der Waals surface area contributed by atoms with Crippen LogP contribution in [-0.2, 0) is 21.9 Å². The average molecular weight is 188 g/mol. The summed E-state index contributed by atoms with van der Waals surface area (Å²) in [6, 6.07) is 0. The Hall–Kier alpha value is 0.354. The molecule has 0 aromatic carbocycles. The van der Waals surface area contributed by atoms with Crippen molar-refractivity contribution < 1.29 is 40.8 Å². The topological polar surface area (TPSA) is 118 Å². The molecule has 0 aliphatic heterocycles. The molecule has 0 spiro atoms. The number of hydrogen-bond acceptors (Lipinski definition) is 3. The van der Waals surface area contributed by atoms with Gasteiger partial charge in [0, 0.05) is 0 Å². The zero-order valence-corrected chi connectivity index (χ0v) is 8.11. The Morgan fingerprint density at radius 2 is 1.20 bits per heavy atom. The van der Waals surface area contributed by atoms with Crippen molar-refractivity contribution in [2.45, 2.75) is 13.8 Å². The molecule has 0 rings (SSSR count). The molecule has 0 saturated heterocycles. The van der Waals surface area contributed by atoms with E-state index < -0.39 is 18.6 Å². The molecule has 6 heteroatoms. The van der Waals surface area contributed by atoms with Gasteiger partial charge < -0.3 is 11.5 Å². The molecule has 6 N–H and O–H groups in total. The van der Waals surface area contributed by atoms with E-state index in [9.17, 15) is 0 Å². The Morgan fingerprint density at radius 3 is 1.20 bits per heavy atom. The fourth-order valence-corrected chi connectivity index (χ4v) is 0. The second-order valence-electron chi connectivity index (χ2n) is 1.25. The number of rotatable bonds is 0. The number of quaternary nitrogens is 2. The Labute approximate surface area is 68.1 Å². The standard InChI is InChI=1S/2C2H7N.3O.Ti/c2*1-2-3;;;;/h2*2-3H2,1H3;;;;/q;;;2*-1;/p+2. The van der Waals surface area contributed by atoms with Crippen molar-refractivity contribution >= 4 is 0 Å². The second-order valence-corrected chi connectivity index (χ2v) is 2.03. The summed E-state index contributed by atoms with van der Waals surface area (Å²) in [6.07, 6.45) is 0. The van der Waals surface area contributed by atoms with Gasteiger partial charge in [-0.05, 0) is 13.8 Å². The van der Waals surface area contributed by atoms with Crippen LogP contribution in [0.15, 0.2) is 0 Å². The molecule has 0 saturated carbocycles. The Bertz CT molecular complexity index is 56.5. The first kappa shape index (κ1) is 16.8. The minimum atomic E-state index is -4.08. The van der Waals surface area contributed by atoms with Gasteiger partial charge in [0.25, 0.3) is 0 Å². The van der Waals surface area contributed by atoms with Crippen molar-refractivity contribution in [3.63, 3.8) is 0 Å². The van der Waals surface area contributed by atoms with Gasteiger partial charge in [0.15, 0.2) is 0 Å². The SMILES string of the molecule is CC[NH3+].CC[NH3+].[O]=[Ti]([O-])[O-]. The van der Waals surface area contributed by atoms with E-state index in [2.05, 4.69) is 11.5 Å². The van der Waals surface area contributed by atoms with Gasteiger partial charge in [0.1, 0.15) is 0 Å². The van der Waals surface area contributed by atoms with E-state index in [0.29, 0.717) is 0 Å². The summed E-state index contributed by atoms with van der Waals surface area (Å²) in [6.45, 7) is 6.03. The molecule has 64 valence electrons. The molecule has 5 nitrogen and oxygen atoms in total. The van der Waals surface area contributed by atoms with Gasteiger partial charge in [-0.15, -0.1) is 0 Å². The third kappa shape index (κ3) is 3600. The molecule has 0 unspecified atom stereocenters. The normalized spacial score (nSPS) is 6.20. The van der Waals surface area contributed by atoms with Crippen LogP contribution in [0.25, 0.3) is 0 Å². The maximum atomic E-state index is 8.58. The summed E-state index contributed by atoms with van der Waals surface area (Å²) in [4.78, 5) is 0. The quantitative estimate of drug-likeness (QED) is 0.377. The van der Waals surface area contributed by atoms with Crippen LogP contribution in [0.4, 0.5) is 0 Å². The molecule has 0 atom stereocenters. The molecule has 10 heavy (non-hydrogen) atoms. The van der Waals surface area contributed by atoms with E-state index in [0.717, 1.165) is 13.1 Å². The first-order valence-electron chi connectivity index (χ1n) is 3.03. The first-order chi connectivity index (χ1) is 4.56. The summed E-state index contributed by atoms with van der Waals surface area (Å²) in [7, 11) is 0. The van der Waals surface area contributed by atoms with Crippen LogP contribution >= 0.6 is 0 Å². The van der Waals surface area contributed by atoms with E-state index in [-0.39, 0.29) is 0 Å². The zero-order valence-electron chi connectivity index (χ0n) is 6.55. The van der Waals surface area contributed by atoms with Crippen molar-refractivity contribution in [3.05, 3.63) is 0 Å². The van der Waals surface area contributed by atoms with E-state index in [1.54, 1.807) is 0 Å². The van der Waals surface area contributed by atoms with Gasteiger partial charge in [-0.1, -0.05) is 0 Å². The Morgan fingerprint density at radius 1 is 1.20 bits per heavy atom. The van der Waals surface area contributed by atoms with Gasteiger partial charge in [0.2, 0.25) is 0 Å². The molecular formula is C4H16N2O3Ti. The van der Waals surface area contributed by atoms with Crippen molar-refractivity contribution in [1.82, 2.24) is 0 Å². The van der Waals surface area contributed by atoms with Gasteiger partial charge in [-0.25, -0.2) is 0 Å². The number of hydrogen-bond donors (Lipinski definition) is 2. The molecule has 0 aromatic heterocycles. The van der Waals surface area contributed by atoms with Crippen LogP contribution in [0.1, 0.15) is 13.8 Å².